The lowest BCUT2D eigenvalue weighted by molar-refractivity contribution is -0.134. The molecule has 0 radical (unpaired) electrons. The summed E-state index contributed by atoms with van der Waals surface area (Å²) in [5.41, 5.74) is 0.225. The zero-order chi connectivity index (χ0) is 25.0. The summed E-state index contributed by atoms with van der Waals surface area (Å²) < 4.78 is 34.2. The summed E-state index contributed by atoms with van der Waals surface area (Å²) in [6.07, 6.45) is 1.48. The van der Waals surface area contributed by atoms with Gasteiger partial charge >= 0.3 is 5.97 Å². The van der Waals surface area contributed by atoms with Crippen molar-refractivity contribution in [3.63, 3.8) is 0 Å². The number of amides is 1. The van der Waals surface area contributed by atoms with Crippen molar-refractivity contribution in [2.45, 2.75) is 44.4 Å². The fourth-order valence-electron chi connectivity index (χ4n) is 4.05. The third-order valence-electron chi connectivity index (χ3n) is 5.71. The van der Waals surface area contributed by atoms with Crippen molar-refractivity contribution in [3.05, 3.63) is 78.9 Å². The summed E-state index contributed by atoms with van der Waals surface area (Å²) in [4.78, 5) is 25.4. The van der Waals surface area contributed by atoms with Crippen LogP contribution in [0.5, 0.6) is 5.75 Å². The van der Waals surface area contributed by atoms with E-state index in [9.17, 15) is 18.0 Å². The van der Waals surface area contributed by atoms with E-state index in [1.165, 1.54) is 12.1 Å². The Morgan fingerprint density at radius 1 is 0.771 bits per heavy atom. The van der Waals surface area contributed by atoms with Gasteiger partial charge in [0.25, 0.3) is 10.0 Å². The van der Waals surface area contributed by atoms with Gasteiger partial charge in [-0.15, -0.1) is 0 Å². The van der Waals surface area contributed by atoms with E-state index in [4.69, 9.17) is 4.74 Å². The molecule has 0 unspecified atom stereocenters. The maximum atomic E-state index is 13.9. The number of sulfonamides is 1. The zero-order valence-corrected chi connectivity index (χ0v) is 20.5. The van der Waals surface area contributed by atoms with Crippen LogP contribution < -0.4 is 9.04 Å². The minimum Gasteiger partial charge on any atom is -0.426 e. The quantitative estimate of drug-likeness (QED) is 0.217. The molecule has 0 atom stereocenters. The third-order valence-corrected chi connectivity index (χ3v) is 7.44. The molecule has 0 saturated carbocycles. The first kappa shape index (κ1) is 24.4. The molecule has 0 heterocycles. The van der Waals surface area contributed by atoms with Crippen molar-refractivity contribution in [2.24, 2.45) is 0 Å². The van der Waals surface area contributed by atoms with Gasteiger partial charge in [0.1, 0.15) is 5.75 Å². The number of anilines is 1. The van der Waals surface area contributed by atoms with E-state index in [0.29, 0.717) is 29.4 Å². The van der Waals surface area contributed by atoms with Gasteiger partial charge in [-0.25, -0.2) is 12.7 Å². The molecule has 1 amide bonds. The van der Waals surface area contributed by atoms with Crippen molar-refractivity contribution in [1.29, 1.82) is 0 Å². The highest BCUT2D eigenvalue weighted by molar-refractivity contribution is 7.93. The average Bonchev–Trinajstić information content (AvgIpc) is 2.85. The number of ether oxygens (including phenoxy) is 1. The molecule has 0 spiro atoms. The Morgan fingerprint density at radius 3 is 2.14 bits per heavy atom. The Bertz CT molecular complexity index is 1510. The van der Waals surface area contributed by atoms with Crippen molar-refractivity contribution >= 4 is 49.1 Å². The molecule has 0 aliphatic heterocycles. The van der Waals surface area contributed by atoms with Gasteiger partial charge < -0.3 is 4.74 Å². The number of carbonyl (C=O) groups is 2. The van der Waals surface area contributed by atoms with E-state index in [-0.39, 0.29) is 29.4 Å². The lowest BCUT2D eigenvalue weighted by Gasteiger charge is -2.25. The molecule has 4 aromatic carbocycles. The predicted octanol–water partition coefficient (Wildman–Crippen LogP) is 6.22. The van der Waals surface area contributed by atoms with Gasteiger partial charge in [-0.05, 0) is 47.9 Å². The normalized spacial score (nSPS) is 11.5. The van der Waals surface area contributed by atoms with Crippen molar-refractivity contribution in [1.82, 2.24) is 0 Å². The highest BCUT2D eigenvalue weighted by Gasteiger charge is 2.32. The molecule has 35 heavy (non-hydrogen) atoms. The number of hydrogen-bond donors (Lipinski definition) is 0. The second kappa shape index (κ2) is 10.3. The van der Waals surface area contributed by atoms with Crippen LogP contribution in [0.3, 0.4) is 0 Å². The maximum Gasteiger partial charge on any atom is 0.311 e. The molecule has 0 fully saturated rings. The van der Waals surface area contributed by atoms with Gasteiger partial charge in [0.2, 0.25) is 5.91 Å². The Kier molecular flexibility index (Phi) is 7.17. The Hall–Kier alpha value is -3.71. The van der Waals surface area contributed by atoms with E-state index in [0.717, 1.165) is 15.1 Å². The fraction of sp³-hybridized carbons (Fsp3) is 0.214. The van der Waals surface area contributed by atoms with Crippen LogP contribution >= 0.6 is 0 Å². The lowest BCUT2D eigenvalue weighted by atomic mass is 10.1. The van der Waals surface area contributed by atoms with Crippen molar-refractivity contribution < 1.29 is 22.7 Å². The standard InChI is InChI=1S/C28H27NO5S/c1-3-9-27(30)29(35(32,33)22-16-15-20-11-5-6-12-21(20)19-22)25-17-18-26(34-28(31)10-4-2)24-14-8-7-13-23(24)25/h5-8,11-19H,3-4,9-10H2,1-2H3. The Labute approximate surface area is 205 Å². The Balaban J connectivity index is 1.89. The average molecular weight is 490 g/mol. The molecule has 6 nitrogen and oxygen atoms in total. The summed E-state index contributed by atoms with van der Waals surface area (Å²) in [5, 5.41) is 2.72. The molecular formula is C28H27NO5S. The highest BCUT2D eigenvalue weighted by Crippen LogP contribution is 2.37. The number of fused-ring (bicyclic) bond motifs is 2. The SMILES string of the molecule is CCCC(=O)Oc1ccc(N(C(=O)CCC)S(=O)(=O)c2ccc3ccccc3c2)c2ccccc12. The van der Waals surface area contributed by atoms with Crippen LogP contribution in [-0.4, -0.2) is 20.3 Å². The summed E-state index contributed by atoms with van der Waals surface area (Å²) in [7, 11) is -4.23. The van der Waals surface area contributed by atoms with Crippen LogP contribution in [0.15, 0.2) is 83.8 Å². The Morgan fingerprint density at radius 2 is 1.43 bits per heavy atom. The van der Waals surface area contributed by atoms with Crippen LogP contribution in [0.4, 0.5) is 5.69 Å². The number of rotatable bonds is 8. The predicted molar refractivity (Wildman–Crippen MR) is 138 cm³/mol. The number of esters is 1. The molecule has 180 valence electrons. The molecule has 4 aromatic rings. The molecule has 4 rings (SSSR count). The van der Waals surface area contributed by atoms with Crippen molar-refractivity contribution in [3.8, 4) is 5.75 Å². The van der Waals surface area contributed by atoms with Gasteiger partial charge in [0.05, 0.1) is 10.6 Å². The fourth-order valence-corrected chi connectivity index (χ4v) is 5.55. The molecule has 0 saturated heterocycles. The van der Waals surface area contributed by atoms with Gasteiger partial charge in [0, 0.05) is 23.6 Å². The smallest absolute Gasteiger partial charge is 0.311 e. The van der Waals surface area contributed by atoms with Crippen molar-refractivity contribution in [2.75, 3.05) is 4.31 Å². The summed E-state index contributed by atoms with van der Waals surface area (Å²) in [5.74, 6) is -0.566. The molecule has 0 N–H and O–H groups in total. The zero-order valence-electron chi connectivity index (χ0n) is 19.7. The molecule has 0 aliphatic rings. The molecular weight excluding hydrogens is 462 g/mol. The maximum absolute atomic E-state index is 13.9. The first-order valence-corrected chi connectivity index (χ1v) is 13.1. The van der Waals surface area contributed by atoms with Crippen LogP contribution in [0.2, 0.25) is 0 Å². The summed E-state index contributed by atoms with van der Waals surface area (Å²) in [6, 6.07) is 22.4. The van der Waals surface area contributed by atoms with Gasteiger partial charge in [-0.1, -0.05) is 68.4 Å². The second-order valence-electron chi connectivity index (χ2n) is 8.27. The first-order valence-electron chi connectivity index (χ1n) is 11.7. The van der Waals surface area contributed by atoms with E-state index in [1.807, 2.05) is 38.1 Å². The topological polar surface area (TPSA) is 80.8 Å². The highest BCUT2D eigenvalue weighted by atomic mass is 32.2. The van der Waals surface area contributed by atoms with E-state index in [2.05, 4.69) is 0 Å². The second-order valence-corrected chi connectivity index (χ2v) is 10.1. The van der Waals surface area contributed by atoms with Crippen LogP contribution in [0, 0.1) is 0 Å². The van der Waals surface area contributed by atoms with Gasteiger partial charge in [-0.3, -0.25) is 9.59 Å². The van der Waals surface area contributed by atoms with Gasteiger partial charge in [-0.2, -0.15) is 0 Å². The lowest BCUT2D eigenvalue weighted by Crippen LogP contribution is -2.37. The summed E-state index contributed by atoms with van der Waals surface area (Å²) in [6.45, 7) is 3.71. The first-order chi connectivity index (χ1) is 16.9. The largest absolute Gasteiger partial charge is 0.426 e. The van der Waals surface area contributed by atoms with Crippen LogP contribution in [-0.2, 0) is 19.6 Å². The number of nitrogens with zero attached hydrogens (tertiary/aromatic N) is 1. The molecule has 0 aromatic heterocycles. The number of hydrogen-bond acceptors (Lipinski definition) is 5. The number of carbonyl (C=O) groups excluding carboxylic acids is 2. The third kappa shape index (κ3) is 4.91. The number of benzene rings is 4. The minimum atomic E-state index is -4.23. The summed E-state index contributed by atoms with van der Waals surface area (Å²) >= 11 is 0. The van der Waals surface area contributed by atoms with Crippen LogP contribution in [0.1, 0.15) is 39.5 Å². The monoisotopic (exact) mass is 489 g/mol. The van der Waals surface area contributed by atoms with E-state index in [1.54, 1.807) is 42.5 Å². The van der Waals surface area contributed by atoms with E-state index < -0.39 is 15.9 Å². The molecule has 0 bridgehead atoms. The van der Waals surface area contributed by atoms with Gasteiger partial charge in [0.15, 0.2) is 0 Å². The van der Waals surface area contributed by atoms with Crippen LogP contribution in [0.25, 0.3) is 21.5 Å². The molecule has 7 heteroatoms. The molecule has 0 aliphatic carbocycles. The van der Waals surface area contributed by atoms with E-state index >= 15 is 0 Å². The minimum absolute atomic E-state index is 0.0307.